The molecule has 2 saturated carbocycles. The van der Waals surface area contributed by atoms with Gasteiger partial charge in [0, 0.05) is 6.42 Å². The van der Waals surface area contributed by atoms with Gasteiger partial charge in [-0.15, -0.1) is 6.58 Å². The van der Waals surface area contributed by atoms with Gasteiger partial charge in [0.05, 0.1) is 17.6 Å². The van der Waals surface area contributed by atoms with Crippen LogP contribution in [0.5, 0.6) is 0 Å². The minimum atomic E-state index is -0.187. The first-order valence-electron chi connectivity index (χ1n) is 6.57. The summed E-state index contributed by atoms with van der Waals surface area (Å²) in [6, 6.07) is 0. The Hall–Kier alpha value is -0.630. The van der Waals surface area contributed by atoms with E-state index in [4.69, 9.17) is 4.74 Å². The summed E-state index contributed by atoms with van der Waals surface area (Å²) in [5.74, 6) is 1.02. The number of ether oxygens (including phenoxy) is 1. The first kappa shape index (κ1) is 10.5. The van der Waals surface area contributed by atoms with Crippen LogP contribution in [0.4, 0.5) is 0 Å². The maximum absolute atomic E-state index is 12.4. The van der Waals surface area contributed by atoms with Crippen molar-refractivity contribution in [2.45, 2.75) is 57.2 Å². The first-order valence-corrected chi connectivity index (χ1v) is 6.57. The van der Waals surface area contributed by atoms with Crippen LogP contribution >= 0.6 is 0 Å². The molecule has 2 heteroatoms. The highest BCUT2D eigenvalue weighted by Crippen LogP contribution is 2.55. The molecular formula is C14H20O2. The predicted octanol–water partition coefficient (Wildman–Crippen LogP) is 2.87. The van der Waals surface area contributed by atoms with Crippen molar-refractivity contribution in [1.82, 2.24) is 0 Å². The molecule has 2 bridgehead atoms. The van der Waals surface area contributed by atoms with E-state index in [1.165, 1.54) is 6.42 Å². The lowest BCUT2D eigenvalue weighted by molar-refractivity contribution is -0.170. The summed E-state index contributed by atoms with van der Waals surface area (Å²) in [5, 5.41) is 0. The van der Waals surface area contributed by atoms with Crippen molar-refractivity contribution in [1.29, 1.82) is 0 Å². The van der Waals surface area contributed by atoms with Crippen molar-refractivity contribution in [3.8, 4) is 0 Å². The van der Waals surface area contributed by atoms with Crippen LogP contribution < -0.4 is 0 Å². The lowest BCUT2D eigenvalue weighted by Crippen LogP contribution is -2.54. The number of ketones is 1. The Morgan fingerprint density at radius 3 is 3.12 bits per heavy atom. The van der Waals surface area contributed by atoms with Crippen LogP contribution in [0.15, 0.2) is 12.7 Å². The Bertz CT molecular complexity index is 323. The van der Waals surface area contributed by atoms with E-state index in [1.54, 1.807) is 0 Å². The van der Waals surface area contributed by atoms with E-state index >= 15 is 0 Å². The predicted molar refractivity (Wildman–Crippen MR) is 62.1 cm³/mol. The first-order chi connectivity index (χ1) is 7.77. The summed E-state index contributed by atoms with van der Waals surface area (Å²) in [4.78, 5) is 12.4. The van der Waals surface area contributed by atoms with Gasteiger partial charge in [0.2, 0.25) is 0 Å². The molecule has 3 aliphatic rings. The van der Waals surface area contributed by atoms with E-state index in [9.17, 15) is 4.79 Å². The molecule has 0 radical (unpaired) electrons. The summed E-state index contributed by atoms with van der Waals surface area (Å²) in [7, 11) is 0. The van der Waals surface area contributed by atoms with E-state index in [-0.39, 0.29) is 11.5 Å². The van der Waals surface area contributed by atoms with E-state index in [2.05, 4.69) is 6.58 Å². The highest BCUT2D eigenvalue weighted by molar-refractivity contribution is 5.87. The molecule has 0 amide bonds. The van der Waals surface area contributed by atoms with Crippen LogP contribution in [0, 0.1) is 11.3 Å². The molecule has 0 unspecified atom stereocenters. The average molecular weight is 220 g/mol. The normalized spacial score (nSPS) is 46.5. The van der Waals surface area contributed by atoms with Gasteiger partial charge in [-0.25, -0.2) is 0 Å². The van der Waals surface area contributed by atoms with Gasteiger partial charge in [-0.3, -0.25) is 4.79 Å². The van der Waals surface area contributed by atoms with Crippen molar-refractivity contribution in [3.05, 3.63) is 12.7 Å². The minimum absolute atomic E-state index is 0.187. The van der Waals surface area contributed by atoms with Gasteiger partial charge in [0.1, 0.15) is 5.78 Å². The van der Waals surface area contributed by atoms with Crippen molar-refractivity contribution in [3.63, 3.8) is 0 Å². The van der Waals surface area contributed by atoms with Gasteiger partial charge in [-0.2, -0.15) is 0 Å². The summed E-state index contributed by atoms with van der Waals surface area (Å²) < 4.78 is 6.14. The SMILES string of the molecule is C=CC[C@]12C(=O)CCC[C@H]1O[C@@H]1CC[C@H]2C1. The third-order valence-electron chi connectivity index (χ3n) is 4.92. The van der Waals surface area contributed by atoms with Crippen LogP contribution in [0.1, 0.15) is 44.9 Å². The molecule has 0 spiro atoms. The van der Waals surface area contributed by atoms with E-state index in [0.717, 1.165) is 38.5 Å². The van der Waals surface area contributed by atoms with Crippen molar-refractivity contribution >= 4 is 5.78 Å². The fourth-order valence-electron chi connectivity index (χ4n) is 4.21. The molecule has 0 N–H and O–H groups in total. The number of fused-ring (bicyclic) bond motifs is 4. The molecule has 2 aliphatic carbocycles. The zero-order valence-corrected chi connectivity index (χ0v) is 9.78. The summed E-state index contributed by atoms with van der Waals surface area (Å²) in [6.45, 7) is 3.85. The zero-order chi connectivity index (χ0) is 11.2. The zero-order valence-electron chi connectivity index (χ0n) is 9.78. The van der Waals surface area contributed by atoms with Gasteiger partial charge in [-0.1, -0.05) is 6.08 Å². The molecule has 16 heavy (non-hydrogen) atoms. The Balaban J connectivity index is 2.00. The number of Topliss-reactive ketones (excluding diaryl/α,β-unsaturated/α-hetero) is 1. The molecule has 0 aromatic heterocycles. The molecule has 4 atom stereocenters. The van der Waals surface area contributed by atoms with Crippen LogP contribution in [0.3, 0.4) is 0 Å². The van der Waals surface area contributed by atoms with E-state index in [1.807, 2.05) is 6.08 Å². The monoisotopic (exact) mass is 220 g/mol. The third kappa shape index (κ3) is 1.26. The van der Waals surface area contributed by atoms with Crippen molar-refractivity contribution < 1.29 is 9.53 Å². The molecule has 0 aromatic carbocycles. The molecular weight excluding hydrogens is 200 g/mol. The largest absolute Gasteiger partial charge is 0.374 e. The minimum Gasteiger partial charge on any atom is -0.374 e. The molecule has 1 aliphatic heterocycles. The third-order valence-corrected chi connectivity index (χ3v) is 4.92. The molecule has 0 aromatic rings. The Kier molecular flexibility index (Phi) is 2.43. The Morgan fingerprint density at radius 1 is 1.44 bits per heavy atom. The quantitative estimate of drug-likeness (QED) is 0.669. The summed E-state index contributed by atoms with van der Waals surface area (Å²) in [5.41, 5.74) is -0.187. The molecule has 88 valence electrons. The second-order valence-electron chi connectivity index (χ2n) is 5.61. The van der Waals surface area contributed by atoms with Gasteiger partial charge >= 0.3 is 0 Å². The molecule has 3 rings (SSSR count). The van der Waals surface area contributed by atoms with Gasteiger partial charge in [0.25, 0.3) is 0 Å². The van der Waals surface area contributed by atoms with Crippen LogP contribution in [0.2, 0.25) is 0 Å². The maximum atomic E-state index is 12.4. The van der Waals surface area contributed by atoms with E-state index < -0.39 is 0 Å². The molecule has 3 fully saturated rings. The maximum Gasteiger partial charge on any atom is 0.142 e. The molecule has 2 nitrogen and oxygen atoms in total. The fraction of sp³-hybridized carbons (Fsp3) is 0.786. The Labute approximate surface area is 97.1 Å². The lowest BCUT2D eigenvalue weighted by atomic mass is 9.60. The number of carbonyl (C=O) groups excluding carboxylic acids is 1. The number of rotatable bonds is 2. The van der Waals surface area contributed by atoms with Crippen molar-refractivity contribution in [2.24, 2.45) is 11.3 Å². The number of hydrogen-bond donors (Lipinski definition) is 0. The second-order valence-corrected chi connectivity index (χ2v) is 5.61. The molecule has 1 saturated heterocycles. The van der Waals surface area contributed by atoms with Crippen LogP contribution in [-0.2, 0) is 9.53 Å². The van der Waals surface area contributed by atoms with Gasteiger partial charge in [0.15, 0.2) is 0 Å². The number of allylic oxidation sites excluding steroid dienone is 1. The van der Waals surface area contributed by atoms with Gasteiger partial charge in [-0.05, 0) is 44.4 Å². The topological polar surface area (TPSA) is 26.3 Å². The Morgan fingerprint density at radius 2 is 2.31 bits per heavy atom. The van der Waals surface area contributed by atoms with Crippen molar-refractivity contribution in [2.75, 3.05) is 0 Å². The van der Waals surface area contributed by atoms with Crippen LogP contribution in [-0.4, -0.2) is 18.0 Å². The molecule has 1 heterocycles. The van der Waals surface area contributed by atoms with E-state index in [0.29, 0.717) is 17.8 Å². The standard InChI is InChI=1S/C14H20O2/c1-2-8-14-10-6-7-11(9-10)16-13(14)5-3-4-12(14)15/h2,10-11,13H,1,3-9H2/t10-,11+,13+,14-/m0/s1. The number of hydrogen-bond acceptors (Lipinski definition) is 2. The highest BCUT2D eigenvalue weighted by Gasteiger charge is 2.57. The van der Waals surface area contributed by atoms with Crippen LogP contribution in [0.25, 0.3) is 0 Å². The summed E-state index contributed by atoms with van der Waals surface area (Å²) >= 11 is 0. The highest BCUT2D eigenvalue weighted by atomic mass is 16.5. The second kappa shape index (κ2) is 3.69. The fourth-order valence-corrected chi connectivity index (χ4v) is 4.21. The average Bonchev–Trinajstić information content (AvgIpc) is 2.67. The number of carbonyl (C=O) groups is 1. The summed E-state index contributed by atoms with van der Waals surface area (Å²) in [6.07, 6.45) is 9.69. The lowest BCUT2D eigenvalue weighted by Gasteiger charge is -2.49. The smallest absolute Gasteiger partial charge is 0.142 e. The van der Waals surface area contributed by atoms with Gasteiger partial charge < -0.3 is 4.74 Å².